The van der Waals surface area contributed by atoms with Crippen LogP contribution in [0.2, 0.25) is 0 Å². The second-order valence-electron chi connectivity index (χ2n) is 4.77. The van der Waals surface area contributed by atoms with Crippen LogP contribution in [-0.4, -0.2) is 23.3 Å². The number of nitrogens with one attached hydrogen (secondary N) is 1. The van der Waals surface area contributed by atoms with Gasteiger partial charge in [0.15, 0.2) is 5.75 Å². The summed E-state index contributed by atoms with van der Waals surface area (Å²) in [6.45, 7) is 1.98. The van der Waals surface area contributed by atoms with Crippen LogP contribution in [-0.2, 0) is 0 Å². The number of ether oxygens (including phenoxy) is 1. The minimum Gasteiger partial charge on any atom is -0.487 e. The van der Waals surface area contributed by atoms with Gasteiger partial charge in [-0.05, 0) is 43.3 Å². The highest BCUT2D eigenvalue weighted by atomic mass is 16.6. The molecule has 2 aromatic carbocycles. The van der Waals surface area contributed by atoms with Crippen LogP contribution in [0, 0.1) is 10.1 Å². The zero-order valence-electron chi connectivity index (χ0n) is 12.8. The fraction of sp³-hybridized carbons (Fsp3) is 0.125. The highest BCUT2D eigenvalue weighted by Gasteiger charge is 2.18. The van der Waals surface area contributed by atoms with Crippen LogP contribution in [0.4, 0.5) is 11.4 Å². The monoisotopic (exact) mass is 329 g/mol. The maximum Gasteiger partial charge on any atom is 0.311 e. The number of nitrogens with zero attached hydrogens (tertiary/aromatic N) is 1. The Labute approximate surface area is 137 Å². The van der Waals surface area contributed by atoms with E-state index in [1.165, 1.54) is 36.4 Å². The number of carbonyl (C=O) groups excluding carboxylic acids is 2. The van der Waals surface area contributed by atoms with Crippen molar-refractivity contribution < 1.29 is 19.2 Å². The maximum atomic E-state index is 12.2. The van der Waals surface area contributed by atoms with Crippen LogP contribution in [0.5, 0.6) is 5.75 Å². The lowest BCUT2D eigenvalue weighted by molar-refractivity contribution is -0.385. The normalized spacial score (nSPS) is 10.0. The summed E-state index contributed by atoms with van der Waals surface area (Å²) >= 11 is 0. The number of anilines is 1. The summed E-state index contributed by atoms with van der Waals surface area (Å²) in [5.41, 5.74) is 5.71. The van der Waals surface area contributed by atoms with Crippen molar-refractivity contribution in [3.8, 4) is 5.75 Å². The van der Waals surface area contributed by atoms with Crippen molar-refractivity contribution in [3.63, 3.8) is 0 Å². The van der Waals surface area contributed by atoms with E-state index < -0.39 is 16.7 Å². The van der Waals surface area contributed by atoms with E-state index in [1.54, 1.807) is 6.92 Å². The van der Waals surface area contributed by atoms with Crippen molar-refractivity contribution >= 4 is 23.2 Å². The first-order valence-electron chi connectivity index (χ1n) is 7.04. The van der Waals surface area contributed by atoms with Gasteiger partial charge in [0.1, 0.15) is 0 Å². The number of carbonyl (C=O) groups is 2. The quantitative estimate of drug-likeness (QED) is 0.621. The maximum absolute atomic E-state index is 12.2. The zero-order valence-corrected chi connectivity index (χ0v) is 12.8. The predicted molar refractivity (Wildman–Crippen MR) is 87.2 cm³/mol. The largest absolute Gasteiger partial charge is 0.487 e. The van der Waals surface area contributed by atoms with Crippen LogP contribution in [0.25, 0.3) is 0 Å². The van der Waals surface area contributed by atoms with Gasteiger partial charge in [-0.25, -0.2) is 0 Å². The molecule has 8 heteroatoms. The molecule has 3 N–H and O–H groups in total. The number of nitro groups is 1. The number of hydrogen-bond acceptors (Lipinski definition) is 5. The first-order chi connectivity index (χ1) is 11.4. The number of amides is 2. The average Bonchev–Trinajstić information content (AvgIpc) is 2.55. The molecule has 0 saturated heterocycles. The van der Waals surface area contributed by atoms with E-state index in [9.17, 15) is 19.7 Å². The lowest BCUT2D eigenvalue weighted by Crippen LogP contribution is -2.13. The number of hydrogen-bond donors (Lipinski definition) is 2. The lowest BCUT2D eigenvalue weighted by atomic mass is 10.1. The highest BCUT2D eigenvalue weighted by molar-refractivity contribution is 6.05. The number of rotatable bonds is 6. The highest BCUT2D eigenvalue weighted by Crippen LogP contribution is 2.28. The van der Waals surface area contributed by atoms with Crippen LogP contribution >= 0.6 is 0 Å². The van der Waals surface area contributed by atoms with Crippen LogP contribution in [0.3, 0.4) is 0 Å². The molecule has 2 aromatic rings. The molecule has 0 atom stereocenters. The van der Waals surface area contributed by atoms with Gasteiger partial charge in [0, 0.05) is 22.9 Å². The average molecular weight is 329 g/mol. The molecule has 124 valence electrons. The molecule has 0 aliphatic heterocycles. The number of nitro benzene ring substituents is 1. The van der Waals surface area contributed by atoms with Gasteiger partial charge in [0.2, 0.25) is 5.91 Å². The fourth-order valence-electron chi connectivity index (χ4n) is 2.00. The van der Waals surface area contributed by atoms with E-state index in [2.05, 4.69) is 5.32 Å². The Balaban J connectivity index is 2.21. The van der Waals surface area contributed by atoms with Gasteiger partial charge in [-0.15, -0.1) is 0 Å². The topological polar surface area (TPSA) is 125 Å². The Morgan fingerprint density at radius 2 is 1.79 bits per heavy atom. The second kappa shape index (κ2) is 7.23. The second-order valence-corrected chi connectivity index (χ2v) is 4.77. The van der Waals surface area contributed by atoms with E-state index in [0.29, 0.717) is 11.3 Å². The summed E-state index contributed by atoms with van der Waals surface area (Å²) in [5.74, 6) is -0.993. The molecule has 2 rings (SSSR count). The molecule has 0 aliphatic carbocycles. The standard InChI is InChI=1S/C16H15N3O5/c1-2-24-14-8-5-11(9-13(14)19(22)23)16(21)18-12-6-3-10(4-7-12)15(17)20/h3-9H,2H2,1H3,(H2,17,20)(H,18,21). The van der Waals surface area contributed by atoms with Crippen molar-refractivity contribution in [2.45, 2.75) is 6.92 Å². The van der Waals surface area contributed by atoms with Crippen molar-refractivity contribution in [2.75, 3.05) is 11.9 Å². The van der Waals surface area contributed by atoms with Gasteiger partial charge in [-0.3, -0.25) is 19.7 Å². The third-order valence-electron chi connectivity index (χ3n) is 3.14. The van der Waals surface area contributed by atoms with E-state index >= 15 is 0 Å². The minimum absolute atomic E-state index is 0.102. The number of nitrogens with two attached hydrogens (primary N) is 1. The van der Waals surface area contributed by atoms with Gasteiger partial charge in [0.25, 0.3) is 5.91 Å². The summed E-state index contributed by atoms with van der Waals surface area (Å²) in [6, 6.07) is 9.94. The van der Waals surface area contributed by atoms with E-state index in [0.717, 1.165) is 6.07 Å². The Kier molecular flexibility index (Phi) is 5.10. The molecule has 2 amide bonds. The molecule has 0 unspecified atom stereocenters. The molecular weight excluding hydrogens is 314 g/mol. The SMILES string of the molecule is CCOc1ccc(C(=O)Nc2ccc(C(N)=O)cc2)cc1[N+](=O)[O-]. The van der Waals surface area contributed by atoms with E-state index in [1.807, 2.05) is 0 Å². The Hall–Kier alpha value is -3.42. The first-order valence-corrected chi connectivity index (χ1v) is 7.04. The van der Waals surface area contributed by atoms with Gasteiger partial charge in [0.05, 0.1) is 11.5 Å². The Bertz CT molecular complexity index is 787. The first kappa shape index (κ1) is 16.9. The third kappa shape index (κ3) is 3.86. The molecule has 8 nitrogen and oxygen atoms in total. The molecule has 0 saturated carbocycles. The van der Waals surface area contributed by atoms with Gasteiger partial charge in [-0.1, -0.05) is 0 Å². The number of primary amides is 1. The molecule has 0 aliphatic rings. The smallest absolute Gasteiger partial charge is 0.311 e. The van der Waals surface area contributed by atoms with Crippen molar-refractivity contribution in [2.24, 2.45) is 5.73 Å². The minimum atomic E-state index is -0.608. The van der Waals surface area contributed by atoms with Gasteiger partial charge >= 0.3 is 5.69 Å². The van der Waals surface area contributed by atoms with E-state index in [4.69, 9.17) is 10.5 Å². The van der Waals surface area contributed by atoms with E-state index in [-0.39, 0.29) is 23.6 Å². The summed E-state index contributed by atoms with van der Waals surface area (Å²) in [7, 11) is 0. The van der Waals surface area contributed by atoms with Crippen LogP contribution in [0.15, 0.2) is 42.5 Å². The molecular formula is C16H15N3O5. The van der Waals surface area contributed by atoms with Gasteiger partial charge in [-0.2, -0.15) is 0 Å². The zero-order chi connectivity index (χ0) is 17.7. The van der Waals surface area contributed by atoms with Crippen LogP contribution < -0.4 is 15.8 Å². The Morgan fingerprint density at radius 1 is 1.17 bits per heavy atom. The summed E-state index contributed by atoms with van der Waals surface area (Å²) in [5, 5.41) is 13.7. The molecule has 0 spiro atoms. The molecule has 24 heavy (non-hydrogen) atoms. The third-order valence-corrected chi connectivity index (χ3v) is 3.14. The van der Waals surface area contributed by atoms with Crippen molar-refractivity contribution in [1.82, 2.24) is 0 Å². The molecule has 0 aromatic heterocycles. The van der Waals surface area contributed by atoms with Crippen LogP contribution in [0.1, 0.15) is 27.6 Å². The van der Waals surface area contributed by atoms with Crippen molar-refractivity contribution in [1.29, 1.82) is 0 Å². The molecule has 0 fully saturated rings. The predicted octanol–water partition coefficient (Wildman–Crippen LogP) is 2.34. The van der Waals surface area contributed by atoms with Gasteiger partial charge < -0.3 is 15.8 Å². The Morgan fingerprint density at radius 3 is 2.33 bits per heavy atom. The fourth-order valence-corrected chi connectivity index (χ4v) is 2.00. The summed E-state index contributed by atoms with van der Waals surface area (Å²) < 4.78 is 5.17. The van der Waals surface area contributed by atoms with Crippen molar-refractivity contribution in [3.05, 3.63) is 63.7 Å². The molecule has 0 radical (unpaired) electrons. The number of benzene rings is 2. The summed E-state index contributed by atoms with van der Waals surface area (Å²) in [6.07, 6.45) is 0. The summed E-state index contributed by atoms with van der Waals surface area (Å²) in [4.78, 5) is 33.7. The molecule has 0 heterocycles. The molecule has 0 bridgehead atoms. The lowest BCUT2D eigenvalue weighted by Gasteiger charge is -2.08.